The summed E-state index contributed by atoms with van der Waals surface area (Å²) in [6, 6.07) is 8.99. The molecule has 0 bridgehead atoms. The van der Waals surface area contributed by atoms with Crippen molar-refractivity contribution in [3.8, 4) is 0 Å². The lowest BCUT2D eigenvalue weighted by Gasteiger charge is -2.25. The van der Waals surface area contributed by atoms with Crippen LogP contribution in [0.1, 0.15) is 45.1 Å². The molecule has 0 saturated carbocycles. The smallest absolute Gasteiger partial charge is 0.315 e. The second kappa shape index (κ2) is 7.59. The van der Waals surface area contributed by atoms with Gasteiger partial charge in [-0.15, -0.1) is 0 Å². The molecule has 1 saturated heterocycles. The monoisotopic (exact) mass is 319 g/mol. The van der Waals surface area contributed by atoms with Gasteiger partial charge in [-0.1, -0.05) is 30.3 Å². The Bertz CT molecular complexity index is 545. The van der Waals surface area contributed by atoms with Gasteiger partial charge in [-0.25, -0.2) is 0 Å². The Morgan fingerprint density at radius 1 is 1.30 bits per heavy atom. The number of benzene rings is 1. The molecule has 0 aliphatic carbocycles. The zero-order valence-electron chi connectivity index (χ0n) is 13.7. The summed E-state index contributed by atoms with van der Waals surface area (Å²) in [5.74, 6) is -1.08. The van der Waals surface area contributed by atoms with Crippen molar-refractivity contribution >= 4 is 11.9 Å². The number of hydrogen-bond donors (Lipinski definition) is 2. The van der Waals surface area contributed by atoms with Gasteiger partial charge < -0.3 is 15.2 Å². The molecule has 1 amide bonds. The second-order valence-electron chi connectivity index (χ2n) is 6.46. The molecule has 1 aromatic rings. The van der Waals surface area contributed by atoms with E-state index in [1.807, 2.05) is 13.0 Å². The van der Waals surface area contributed by atoms with E-state index in [0.717, 1.165) is 12.8 Å². The molecular formula is C18H25NO4. The van der Waals surface area contributed by atoms with Gasteiger partial charge in [-0.3, -0.25) is 9.59 Å². The molecule has 2 rings (SSSR count). The molecule has 1 aromatic carbocycles. The van der Waals surface area contributed by atoms with Gasteiger partial charge in [0, 0.05) is 13.0 Å². The predicted molar refractivity (Wildman–Crippen MR) is 87.2 cm³/mol. The van der Waals surface area contributed by atoms with Crippen molar-refractivity contribution in [2.45, 2.75) is 57.2 Å². The molecule has 1 fully saturated rings. The van der Waals surface area contributed by atoms with E-state index >= 15 is 0 Å². The normalized spacial score (nSPS) is 23.2. The maximum atomic E-state index is 12.0. The number of carboxylic acid groups (broad SMARTS) is 1. The third-order valence-electron chi connectivity index (χ3n) is 4.54. The second-order valence-corrected chi connectivity index (χ2v) is 6.46. The molecule has 126 valence electrons. The first-order valence-corrected chi connectivity index (χ1v) is 8.13. The van der Waals surface area contributed by atoms with E-state index < -0.39 is 11.4 Å². The highest BCUT2D eigenvalue weighted by atomic mass is 16.5. The summed E-state index contributed by atoms with van der Waals surface area (Å²) in [5.41, 5.74) is -0.448. The summed E-state index contributed by atoms with van der Waals surface area (Å²) >= 11 is 0. The van der Waals surface area contributed by atoms with Crippen molar-refractivity contribution in [2.24, 2.45) is 0 Å². The van der Waals surface area contributed by atoms with E-state index in [2.05, 4.69) is 5.32 Å². The highest BCUT2D eigenvalue weighted by molar-refractivity contribution is 5.83. The Balaban J connectivity index is 1.86. The van der Waals surface area contributed by atoms with Crippen molar-refractivity contribution in [2.75, 3.05) is 6.54 Å². The van der Waals surface area contributed by atoms with Crippen molar-refractivity contribution in [1.29, 1.82) is 0 Å². The van der Waals surface area contributed by atoms with E-state index in [9.17, 15) is 14.7 Å². The lowest BCUT2D eigenvalue weighted by atomic mass is 9.82. The average molecular weight is 319 g/mol. The first-order chi connectivity index (χ1) is 10.9. The van der Waals surface area contributed by atoms with E-state index in [4.69, 9.17) is 4.74 Å². The molecule has 0 radical (unpaired) electrons. The number of rotatable bonds is 7. The Kier molecular flexibility index (Phi) is 5.77. The van der Waals surface area contributed by atoms with Crippen molar-refractivity contribution < 1.29 is 19.4 Å². The van der Waals surface area contributed by atoms with Crippen LogP contribution < -0.4 is 5.32 Å². The van der Waals surface area contributed by atoms with Gasteiger partial charge in [-0.2, -0.15) is 0 Å². The molecular weight excluding hydrogens is 294 g/mol. The van der Waals surface area contributed by atoms with Gasteiger partial charge >= 0.3 is 5.97 Å². The van der Waals surface area contributed by atoms with E-state index in [1.54, 1.807) is 31.2 Å². The van der Waals surface area contributed by atoms with Crippen LogP contribution >= 0.6 is 0 Å². The van der Waals surface area contributed by atoms with Crippen LogP contribution in [0.5, 0.6) is 0 Å². The molecule has 0 spiro atoms. The lowest BCUT2D eigenvalue weighted by Crippen LogP contribution is -2.44. The van der Waals surface area contributed by atoms with Crippen LogP contribution in [-0.4, -0.2) is 35.7 Å². The maximum absolute atomic E-state index is 12.0. The Hall–Kier alpha value is -1.88. The van der Waals surface area contributed by atoms with Crippen LogP contribution in [0.25, 0.3) is 0 Å². The number of ether oxygens (including phenoxy) is 1. The minimum Gasteiger partial charge on any atom is -0.481 e. The first kappa shape index (κ1) is 17.5. The van der Waals surface area contributed by atoms with Crippen LogP contribution in [0.15, 0.2) is 30.3 Å². The SMILES string of the molecule is CC1CCC(CCC(=O)NCC(C)(C(=O)O)c2ccccc2)O1. The Labute approximate surface area is 137 Å². The molecule has 2 N–H and O–H groups in total. The highest BCUT2D eigenvalue weighted by Crippen LogP contribution is 2.24. The van der Waals surface area contributed by atoms with Crippen molar-refractivity contribution in [3.63, 3.8) is 0 Å². The summed E-state index contributed by atoms with van der Waals surface area (Å²) in [4.78, 5) is 23.7. The number of amides is 1. The Morgan fingerprint density at radius 3 is 2.57 bits per heavy atom. The molecule has 1 aliphatic rings. The van der Waals surface area contributed by atoms with E-state index in [1.165, 1.54) is 0 Å². The third-order valence-corrected chi connectivity index (χ3v) is 4.54. The average Bonchev–Trinajstić information content (AvgIpc) is 2.96. The number of aliphatic carboxylic acids is 1. The fourth-order valence-electron chi connectivity index (χ4n) is 2.86. The number of carbonyl (C=O) groups excluding carboxylic acids is 1. The minimum atomic E-state index is -1.13. The maximum Gasteiger partial charge on any atom is 0.315 e. The van der Waals surface area contributed by atoms with Crippen LogP contribution in [0.2, 0.25) is 0 Å². The van der Waals surface area contributed by atoms with E-state index in [0.29, 0.717) is 18.4 Å². The van der Waals surface area contributed by atoms with Gasteiger partial charge in [0.15, 0.2) is 0 Å². The van der Waals surface area contributed by atoms with Gasteiger partial charge in [-0.05, 0) is 38.7 Å². The molecule has 5 nitrogen and oxygen atoms in total. The van der Waals surface area contributed by atoms with E-state index in [-0.39, 0.29) is 24.7 Å². The minimum absolute atomic E-state index is 0.0765. The van der Waals surface area contributed by atoms with Gasteiger partial charge in [0.05, 0.1) is 12.2 Å². The fraction of sp³-hybridized carbons (Fsp3) is 0.556. The quantitative estimate of drug-likeness (QED) is 0.809. The fourth-order valence-corrected chi connectivity index (χ4v) is 2.86. The summed E-state index contributed by atoms with van der Waals surface area (Å²) < 4.78 is 5.69. The summed E-state index contributed by atoms with van der Waals surface area (Å²) in [7, 11) is 0. The molecule has 1 aliphatic heterocycles. The van der Waals surface area contributed by atoms with Gasteiger partial charge in [0.1, 0.15) is 5.41 Å². The zero-order valence-corrected chi connectivity index (χ0v) is 13.7. The summed E-state index contributed by atoms with van der Waals surface area (Å²) in [6.45, 7) is 3.75. The lowest BCUT2D eigenvalue weighted by molar-refractivity contribution is -0.143. The Morgan fingerprint density at radius 2 is 2.00 bits per heavy atom. The molecule has 3 atom stereocenters. The van der Waals surface area contributed by atoms with Gasteiger partial charge in [0.25, 0.3) is 0 Å². The molecule has 3 unspecified atom stereocenters. The summed E-state index contributed by atoms with van der Waals surface area (Å²) in [6.07, 6.45) is 3.50. The predicted octanol–water partition coefficient (Wildman–Crippen LogP) is 2.49. The third kappa shape index (κ3) is 4.55. The zero-order chi connectivity index (χ0) is 16.9. The van der Waals surface area contributed by atoms with Crippen LogP contribution in [0.4, 0.5) is 0 Å². The van der Waals surface area contributed by atoms with Crippen molar-refractivity contribution in [1.82, 2.24) is 5.32 Å². The van der Waals surface area contributed by atoms with Crippen LogP contribution in [-0.2, 0) is 19.7 Å². The van der Waals surface area contributed by atoms with Crippen molar-refractivity contribution in [3.05, 3.63) is 35.9 Å². The molecule has 5 heteroatoms. The first-order valence-electron chi connectivity index (χ1n) is 8.13. The van der Waals surface area contributed by atoms with Gasteiger partial charge in [0.2, 0.25) is 5.91 Å². The molecule has 0 aromatic heterocycles. The largest absolute Gasteiger partial charge is 0.481 e. The standard InChI is InChI=1S/C18H25NO4/c1-13-8-9-15(23-13)10-11-16(20)19-12-18(2,17(21)22)14-6-4-3-5-7-14/h3-7,13,15H,8-12H2,1-2H3,(H,19,20)(H,21,22). The molecule has 23 heavy (non-hydrogen) atoms. The number of carboxylic acids is 1. The van der Waals surface area contributed by atoms with Crippen LogP contribution in [0, 0.1) is 0 Å². The summed E-state index contributed by atoms with van der Waals surface area (Å²) in [5, 5.41) is 12.3. The highest BCUT2D eigenvalue weighted by Gasteiger charge is 2.35. The van der Waals surface area contributed by atoms with Crippen LogP contribution in [0.3, 0.4) is 0 Å². The number of carbonyl (C=O) groups is 2. The number of hydrogen-bond acceptors (Lipinski definition) is 3. The molecule has 1 heterocycles. The number of nitrogens with one attached hydrogen (secondary N) is 1. The topological polar surface area (TPSA) is 75.6 Å².